The van der Waals surface area contributed by atoms with Gasteiger partial charge in [-0.1, -0.05) is 54.1 Å². The molecule has 6 heteroatoms. The summed E-state index contributed by atoms with van der Waals surface area (Å²) in [5, 5.41) is 11.0. The number of aromatic nitrogens is 2. The summed E-state index contributed by atoms with van der Waals surface area (Å²) in [7, 11) is 0. The van der Waals surface area contributed by atoms with E-state index in [0.29, 0.717) is 22.3 Å². The highest BCUT2D eigenvalue weighted by Crippen LogP contribution is 2.45. The van der Waals surface area contributed by atoms with E-state index in [4.69, 9.17) is 16.3 Å². The maximum Gasteiger partial charge on any atom is 0.412 e. The van der Waals surface area contributed by atoms with Gasteiger partial charge in [0.2, 0.25) is 0 Å². The normalized spacial score (nSPS) is 13.4. The third kappa shape index (κ3) is 3.73. The summed E-state index contributed by atoms with van der Waals surface area (Å²) in [5.41, 5.74) is 4.16. The molecule has 5 nitrogen and oxygen atoms in total. The second-order valence-corrected chi connectivity index (χ2v) is 6.77. The van der Waals surface area contributed by atoms with E-state index in [1.165, 1.54) is 0 Å². The van der Waals surface area contributed by atoms with Crippen LogP contribution in [-0.4, -0.2) is 16.3 Å². The smallest absolute Gasteiger partial charge is 0.412 e. The van der Waals surface area contributed by atoms with Crippen molar-refractivity contribution in [2.24, 2.45) is 0 Å². The molecule has 132 valence electrons. The van der Waals surface area contributed by atoms with Crippen LogP contribution in [0, 0.1) is 0 Å². The fourth-order valence-electron chi connectivity index (χ4n) is 2.83. The van der Waals surface area contributed by atoms with Crippen LogP contribution >= 0.6 is 11.6 Å². The van der Waals surface area contributed by atoms with E-state index in [0.717, 1.165) is 29.7 Å². The Hall–Kier alpha value is -2.79. The largest absolute Gasteiger partial charge is 0.444 e. The van der Waals surface area contributed by atoms with Crippen LogP contribution in [0.2, 0.25) is 5.02 Å². The molecule has 1 amide bonds. The fourth-order valence-corrected chi connectivity index (χ4v) is 2.95. The first-order valence-corrected chi connectivity index (χ1v) is 8.90. The SMILES string of the molecule is O=C(Nc1c(-c2ccc(Cl)cc2)n[nH]c1C1CC1)OCc1ccccc1. The standard InChI is InChI=1S/C20H18ClN3O2/c21-16-10-8-15(9-11-16)18-19(17(23-24-18)14-6-7-14)22-20(25)26-12-13-4-2-1-3-5-13/h1-5,8-11,14H,6-7,12H2,(H,22,25)(H,23,24). The van der Waals surface area contributed by atoms with E-state index in [9.17, 15) is 4.79 Å². The van der Waals surface area contributed by atoms with E-state index in [2.05, 4.69) is 15.5 Å². The molecule has 1 heterocycles. The molecule has 0 bridgehead atoms. The molecule has 1 fully saturated rings. The molecule has 4 rings (SSSR count). The van der Waals surface area contributed by atoms with Gasteiger partial charge in [0.1, 0.15) is 12.3 Å². The molecule has 0 unspecified atom stereocenters. The number of anilines is 1. The van der Waals surface area contributed by atoms with Crippen molar-refractivity contribution in [1.29, 1.82) is 0 Å². The maximum atomic E-state index is 12.3. The van der Waals surface area contributed by atoms with Gasteiger partial charge in [-0.3, -0.25) is 10.4 Å². The van der Waals surface area contributed by atoms with Crippen LogP contribution in [0.15, 0.2) is 54.6 Å². The minimum atomic E-state index is -0.493. The van der Waals surface area contributed by atoms with Gasteiger partial charge < -0.3 is 4.74 Å². The molecule has 0 spiro atoms. The van der Waals surface area contributed by atoms with Crippen LogP contribution in [-0.2, 0) is 11.3 Å². The number of aromatic amines is 1. The van der Waals surface area contributed by atoms with Crippen molar-refractivity contribution in [3.05, 3.63) is 70.9 Å². The Morgan fingerprint density at radius 3 is 2.58 bits per heavy atom. The fraction of sp³-hybridized carbons (Fsp3) is 0.200. The molecule has 1 saturated carbocycles. The van der Waals surface area contributed by atoms with Gasteiger partial charge in [-0.25, -0.2) is 4.79 Å². The lowest BCUT2D eigenvalue weighted by Crippen LogP contribution is -2.14. The van der Waals surface area contributed by atoms with Crippen molar-refractivity contribution < 1.29 is 9.53 Å². The average molecular weight is 368 g/mol. The van der Waals surface area contributed by atoms with Crippen LogP contribution in [0.3, 0.4) is 0 Å². The third-order valence-electron chi connectivity index (χ3n) is 4.34. The molecular weight excluding hydrogens is 350 g/mol. The van der Waals surface area contributed by atoms with Crippen LogP contribution in [0.4, 0.5) is 10.5 Å². The number of rotatable bonds is 5. The summed E-state index contributed by atoms with van der Waals surface area (Å²) in [6, 6.07) is 17.0. The number of nitrogens with zero attached hydrogens (tertiary/aromatic N) is 1. The van der Waals surface area contributed by atoms with Gasteiger partial charge in [0.15, 0.2) is 0 Å². The summed E-state index contributed by atoms with van der Waals surface area (Å²) in [6.07, 6.45) is 1.69. The molecule has 1 aromatic heterocycles. The van der Waals surface area contributed by atoms with E-state index in [1.807, 2.05) is 42.5 Å². The highest BCUT2D eigenvalue weighted by Gasteiger charge is 2.31. The van der Waals surface area contributed by atoms with Crippen LogP contribution in [0.5, 0.6) is 0 Å². The zero-order valence-electron chi connectivity index (χ0n) is 14.0. The Labute approximate surface area is 156 Å². The van der Waals surface area contributed by atoms with E-state index < -0.39 is 6.09 Å². The number of hydrogen-bond acceptors (Lipinski definition) is 3. The lowest BCUT2D eigenvalue weighted by Gasteiger charge is -2.09. The highest BCUT2D eigenvalue weighted by atomic mass is 35.5. The number of H-pyrrole nitrogens is 1. The van der Waals surface area contributed by atoms with Crippen molar-refractivity contribution in [2.75, 3.05) is 5.32 Å². The lowest BCUT2D eigenvalue weighted by molar-refractivity contribution is 0.155. The second kappa shape index (κ2) is 7.22. The number of benzene rings is 2. The first kappa shape index (κ1) is 16.7. The minimum Gasteiger partial charge on any atom is -0.444 e. The average Bonchev–Trinajstić information content (AvgIpc) is 3.43. The molecule has 0 saturated heterocycles. The zero-order chi connectivity index (χ0) is 17.9. The van der Waals surface area contributed by atoms with Crippen molar-refractivity contribution in [1.82, 2.24) is 10.2 Å². The summed E-state index contributed by atoms with van der Waals surface area (Å²) in [4.78, 5) is 12.3. The molecular formula is C20H18ClN3O2. The van der Waals surface area contributed by atoms with E-state index >= 15 is 0 Å². The van der Waals surface area contributed by atoms with E-state index in [-0.39, 0.29) is 6.61 Å². The van der Waals surface area contributed by atoms with Crippen LogP contribution in [0.1, 0.15) is 30.0 Å². The maximum absolute atomic E-state index is 12.3. The van der Waals surface area contributed by atoms with Gasteiger partial charge in [0.25, 0.3) is 0 Å². The second-order valence-electron chi connectivity index (χ2n) is 6.33. The first-order valence-electron chi connectivity index (χ1n) is 8.52. The third-order valence-corrected chi connectivity index (χ3v) is 4.59. The zero-order valence-corrected chi connectivity index (χ0v) is 14.8. The molecule has 0 atom stereocenters. The molecule has 3 aromatic rings. The Balaban J connectivity index is 1.53. The molecule has 2 N–H and O–H groups in total. The van der Waals surface area contributed by atoms with Crippen molar-refractivity contribution in [3.8, 4) is 11.3 Å². The Kier molecular flexibility index (Phi) is 4.63. The minimum absolute atomic E-state index is 0.222. The molecule has 26 heavy (non-hydrogen) atoms. The van der Waals surface area contributed by atoms with Crippen LogP contribution in [0.25, 0.3) is 11.3 Å². The number of nitrogens with one attached hydrogen (secondary N) is 2. The summed E-state index contributed by atoms with van der Waals surface area (Å²) >= 11 is 5.97. The Bertz CT molecular complexity index is 903. The number of carbonyl (C=O) groups excluding carboxylic acids is 1. The van der Waals surface area contributed by atoms with Gasteiger partial charge in [-0.05, 0) is 30.5 Å². The van der Waals surface area contributed by atoms with Crippen molar-refractivity contribution in [2.45, 2.75) is 25.4 Å². The topological polar surface area (TPSA) is 67.0 Å². The highest BCUT2D eigenvalue weighted by molar-refractivity contribution is 6.30. The summed E-state index contributed by atoms with van der Waals surface area (Å²) < 4.78 is 5.35. The lowest BCUT2D eigenvalue weighted by atomic mass is 10.1. The Morgan fingerprint density at radius 1 is 1.15 bits per heavy atom. The molecule has 0 aliphatic heterocycles. The van der Waals surface area contributed by atoms with Gasteiger partial charge in [0, 0.05) is 16.5 Å². The monoisotopic (exact) mass is 367 g/mol. The first-order chi connectivity index (χ1) is 12.7. The van der Waals surface area contributed by atoms with Gasteiger partial charge in [-0.2, -0.15) is 5.10 Å². The van der Waals surface area contributed by atoms with Gasteiger partial charge in [0.05, 0.1) is 11.4 Å². The molecule has 0 radical (unpaired) electrons. The number of hydrogen-bond donors (Lipinski definition) is 2. The molecule has 1 aliphatic carbocycles. The molecule has 1 aliphatic rings. The number of carbonyl (C=O) groups is 1. The van der Waals surface area contributed by atoms with E-state index in [1.54, 1.807) is 12.1 Å². The summed E-state index contributed by atoms with van der Waals surface area (Å²) in [5.74, 6) is 0.410. The molecule has 2 aromatic carbocycles. The summed E-state index contributed by atoms with van der Waals surface area (Å²) in [6.45, 7) is 0.222. The predicted octanol–water partition coefficient (Wildman–Crippen LogP) is 5.36. The Morgan fingerprint density at radius 2 is 1.88 bits per heavy atom. The van der Waals surface area contributed by atoms with Gasteiger partial charge in [-0.15, -0.1) is 0 Å². The van der Waals surface area contributed by atoms with Gasteiger partial charge >= 0.3 is 6.09 Å². The number of amides is 1. The number of ether oxygens (including phenoxy) is 1. The quantitative estimate of drug-likeness (QED) is 0.638. The van der Waals surface area contributed by atoms with Crippen molar-refractivity contribution >= 4 is 23.4 Å². The van der Waals surface area contributed by atoms with Crippen LogP contribution < -0.4 is 5.32 Å². The number of halogens is 1. The van der Waals surface area contributed by atoms with Crippen molar-refractivity contribution in [3.63, 3.8) is 0 Å². The predicted molar refractivity (Wildman–Crippen MR) is 101 cm³/mol.